The number of thioether (sulfide) groups is 1. The van der Waals surface area contributed by atoms with E-state index in [-0.39, 0.29) is 17.2 Å². The van der Waals surface area contributed by atoms with Crippen molar-refractivity contribution in [2.24, 2.45) is 0 Å². The van der Waals surface area contributed by atoms with Crippen LogP contribution in [0.2, 0.25) is 5.02 Å². The van der Waals surface area contributed by atoms with Gasteiger partial charge in [-0.05, 0) is 64.9 Å². The summed E-state index contributed by atoms with van der Waals surface area (Å²) < 4.78 is 0. The maximum absolute atomic E-state index is 12.8. The van der Waals surface area contributed by atoms with Crippen molar-refractivity contribution in [3.05, 3.63) is 105 Å². The summed E-state index contributed by atoms with van der Waals surface area (Å²) in [6.07, 6.45) is 1.91. The van der Waals surface area contributed by atoms with Gasteiger partial charge < -0.3 is 10.2 Å². The summed E-state index contributed by atoms with van der Waals surface area (Å²) in [7, 11) is 0. The van der Waals surface area contributed by atoms with Gasteiger partial charge in [-0.3, -0.25) is 9.59 Å². The third kappa shape index (κ3) is 5.65. The molecule has 6 heteroatoms. The highest BCUT2D eigenvalue weighted by atomic mass is 35.5. The zero-order valence-electron chi connectivity index (χ0n) is 19.5. The minimum Gasteiger partial charge on any atom is -0.348 e. The summed E-state index contributed by atoms with van der Waals surface area (Å²) in [4.78, 5) is 27.2. The molecule has 0 bridgehead atoms. The second kappa shape index (κ2) is 11.1. The molecule has 0 aromatic heterocycles. The lowest BCUT2D eigenvalue weighted by Crippen LogP contribution is -2.27. The first-order chi connectivity index (χ1) is 16.5. The number of carbonyl (C=O) groups excluding carboxylic acids is 2. The van der Waals surface area contributed by atoms with Gasteiger partial charge in [0.1, 0.15) is 5.37 Å². The number of hydrogen-bond donors (Lipinski definition) is 1. The summed E-state index contributed by atoms with van der Waals surface area (Å²) >= 11 is 7.60. The van der Waals surface area contributed by atoms with Gasteiger partial charge in [0.05, 0.1) is 5.75 Å². The van der Waals surface area contributed by atoms with Crippen molar-refractivity contribution in [1.29, 1.82) is 0 Å². The van der Waals surface area contributed by atoms with Crippen molar-refractivity contribution < 1.29 is 9.59 Å². The fourth-order valence-corrected chi connectivity index (χ4v) is 5.49. The number of nitrogens with one attached hydrogen (secondary N) is 1. The Morgan fingerprint density at radius 1 is 0.971 bits per heavy atom. The maximum atomic E-state index is 12.8. The minimum absolute atomic E-state index is 0.0656. The van der Waals surface area contributed by atoms with E-state index in [1.807, 2.05) is 53.4 Å². The van der Waals surface area contributed by atoms with Gasteiger partial charge >= 0.3 is 0 Å². The van der Waals surface area contributed by atoms with Crippen molar-refractivity contribution in [2.45, 2.75) is 45.2 Å². The Morgan fingerprint density at radius 3 is 2.35 bits per heavy atom. The number of carbonyl (C=O) groups is 2. The molecule has 3 aromatic rings. The number of benzene rings is 3. The van der Waals surface area contributed by atoms with Gasteiger partial charge in [0, 0.05) is 23.7 Å². The van der Waals surface area contributed by atoms with E-state index in [1.165, 1.54) is 16.7 Å². The Balaban J connectivity index is 1.42. The van der Waals surface area contributed by atoms with Crippen molar-refractivity contribution in [1.82, 2.24) is 10.2 Å². The Hall–Kier alpha value is -2.76. The first kappa shape index (κ1) is 24.4. The average Bonchev–Trinajstić information content (AvgIpc) is 3.23. The van der Waals surface area contributed by atoms with Crippen LogP contribution in [0, 0.1) is 0 Å². The zero-order valence-corrected chi connectivity index (χ0v) is 21.1. The van der Waals surface area contributed by atoms with E-state index in [1.54, 1.807) is 11.8 Å². The Labute approximate surface area is 210 Å². The fourth-order valence-electron chi connectivity index (χ4n) is 4.17. The Morgan fingerprint density at radius 2 is 1.68 bits per heavy atom. The van der Waals surface area contributed by atoms with E-state index in [2.05, 4.69) is 37.4 Å². The molecule has 0 aliphatic carbocycles. The molecule has 0 radical (unpaired) electrons. The lowest BCUT2D eigenvalue weighted by atomic mass is 10.0. The molecule has 1 saturated heterocycles. The normalized spacial score (nSPS) is 15.6. The molecular weight excluding hydrogens is 464 g/mol. The van der Waals surface area contributed by atoms with Gasteiger partial charge in [-0.15, -0.1) is 11.8 Å². The van der Waals surface area contributed by atoms with E-state index < -0.39 is 0 Å². The standard InChI is InChI=1S/C28H29ClN2O2S/c1-3-19-5-8-21(4-2)24(15-19)16-30-27(33)22-9-11-23(12-10-22)28-31(26(32)18-34-28)17-20-6-13-25(29)14-7-20/h5-15,28H,3-4,16-18H2,1-2H3,(H,30,33)/t28-/m0/s1. The van der Waals surface area contributed by atoms with E-state index >= 15 is 0 Å². The lowest BCUT2D eigenvalue weighted by Gasteiger charge is -2.24. The van der Waals surface area contributed by atoms with E-state index in [9.17, 15) is 9.59 Å². The van der Waals surface area contributed by atoms with Crippen LogP contribution < -0.4 is 5.32 Å². The monoisotopic (exact) mass is 492 g/mol. The highest BCUT2D eigenvalue weighted by Crippen LogP contribution is 2.39. The first-order valence-corrected chi connectivity index (χ1v) is 13.1. The molecular formula is C28H29ClN2O2S. The Bertz CT molecular complexity index is 1160. The lowest BCUT2D eigenvalue weighted by molar-refractivity contribution is -0.128. The van der Waals surface area contributed by atoms with Gasteiger partial charge in [0.2, 0.25) is 5.91 Å². The number of hydrogen-bond acceptors (Lipinski definition) is 3. The Kier molecular flexibility index (Phi) is 7.96. The highest BCUT2D eigenvalue weighted by Gasteiger charge is 2.32. The van der Waals surface area contributed by atoms with E-state index in [0.29, 0.717) is 29.4 Å². The van der Waals surface area contributed by atoms with Crippen molar-refractivity contribution >= 4 is 35.2 Å². The molecule has 4 rings (SSSR count). The summed E-state index contributed by atoms with van der Waals surface area (Å²) in [5.74, 6) is 0.480. The zero-order chi connectivity index (χ0) is 24.1. The number of amides is 2. The molecule has 34 heavy (non-hydrogen) atoms. The van der Waals surface area contributed by atoms with Crippen LogP contribution in [-0.4, -0.2) is 22.5 Å². The molecule has 176 valence electrons. The van der Waals surface area contributed by atoms with Gasteiger partial charge in [-0.1, -0.05) is 67.9 Å². The van der Waals surface area contributed by atoms with Gasteiger partial charge in [0.25, 0.3) is 5.91 Å². The molecule has 1 N–H and O–H groups in total. The summed E-state index contributed by atoms with van der Waals surface area (Å²) in [6, 6.07) is 21.7. The molecule has 0 saturated carbocycles. The highest BCUT2D eigenvalue weighted by molar-refractivity contribution is 8.00. The van der Waals surface area contributed by atoms with E-state index in [0.717, 1.165) is 24.0 Å². The second-order valence-electron chi connectivity index (χ2n) is 8.43. The predicted octanol–water partition coefficient (Wildman–Crippen LogP) is 6.17. The van der Waals surface area contributed by atoms with Crippen LogP contribution in [0.25, 0.3) is 0 Å². The topological polar surface area (TPSA) is 49.4 Å². The number of halogens is 1. The minimum atomic E-state index is -0.0938. The molecule has 1 heterocycles. The maximum Gasteiger partial charge on any atom is 0.251 e. The molecule has 0 unspecified atom stereocenters. The quantitative estimate of drug-likeness (QED) is 0.409. The summed E-state index contributed by atoms with van der Waals surface area (Å²) in [6.45, 7) is 5.32. The average molecular weight is 493 g/mol. The third-order valence-electron chi connectivity index (χ3n) is 6.19. The predicted molar refractivity (Wildman–Crippen MR) is 140 cm³/mol. The van der Waals surface area contributed by atoms with Crippen LogP contribution in [0.1, 0.15) is 57.4 Å². The summed E-state index contributed by atoms with van der Waals surface area (Å²) in [5, 5.41) is 3.68. The van der Waals surface area contributed by atoms with Crippen LogP contribution in [0.4, 0.5) is 0 Å². The molecule has 1 fully saturated rings. The van der Waals surface area contributed by atoms with Crippen molar-refractivity contribution in [2.75, 3.05) is 5.75 Å². The number of rotatable bonds is 8. The molecule has 4 nitrogen and oxygen atoms in total. The molecule has 0 spiro atoms. The van der Waals surface area contributed by atoms with Gasteiger partial charge in [-0.2, -0.15) is 0 Å². The van der Waals surface area contributed by atoms with Gasteiger partial charge in [0.15, 0.2) is 0 Å². The first-order valence-electron chi connectivity index (χ1n) is 11.6. The fraction of sp³-hybridized carbons (Fsp3) is 0.286. The third-order valence-corrected chi connectivity index (χ3v) is 7.70. The van der Waals surface area contributed by atoms with Gasteiger partial charge in [-0.25, -0.2) is 0 Å². The van der Waals surface area contributed by atoms with Crippen LogP contribution in [0.5, 0.6) is 0 Å². The SMILES string of the molecule is CCc1ccc(CC)c(CNC(=O)c2ccc([C@@H]3SCC(=O)N3Cc3ccc(Cl)cc3)cc2)c1. The van der Waals surface area contributed by atoms with E-state index in [4.69, 9.17) is 11.6 Å². The molecule has 1 atom stereocenters. The number of nitrogens with zero attached hydrogens (tertiary/aromatic N) is 1. The van der Waals surface area contributed by atoms with Crippen molar-refractivity contribution in [3.63, 3.8) is 0 Å². The van der Waals surface area contributed by atoms with Crippen molar-refractivity contribution in [3.8, 4) is 0 Å². The van der Waals surface area contributed by atoms with Crippen LogP contribution in [0.3, 0.4) is 0 Å². The second-order valence-corrected chi connectivity index (χ2v) is 9.93. The summed E-state index contributed by atoms with van der Waals surface area (Å²) in [5.41, 5.74) is 6.39. The largest absolute Gasteiger partial charge is 0.348 e. The molecule has 3 aromatic carbocycles. The van der Waals surface area contributed by atoms with Crippen LogP contribution in [-0.2, 0) is 30.7 Å². The molecule has 1 aliphatic heterocycles. The van der Waals surface area contributed by atoms with Crippen LogP contribution >= 0.6 is 23.4 Å². The molecule has 2 amide bonds. The molecule has 1 aliphatic rings. The smallest absolute Gasteiger partial charge is 0.251 e. The van der Waals surface area contributed by atoms with Crippen LogP contribution in [0.15, 0.2) is 66.7 Å². The number of aryl methyl sites for hydroxylation is 2.